The van der Waals surface area contributed by atoms with Crippen molar-refractivity contribution >= 4 is 23.4 Å². The fraction of sp³-hybridized carbons (Fsp3) is 0.235. The van der Waals surface area contributed by atoms with E-state index in [0.29, 0.717) is 11.5 Å². The molecule has 0 unspecified atom stereocenters. The van der Waals surface area contributed by atoms with Gasteiger partial charge in [-0.05, 0) is 43.5 Å². The molecule has 2 aromatic rings. The van der Waals surface area contributed by atoms with E-state index in [9.17, 15) is 4.79 Å². The summed E-state index contributed by atoms with van der Waals surface area (Å²) in [5.41, 5.74) is 0.757. The first-order chi connectivity index (χ1) is 10.6. The van der Waals surface area contributed by atoms with E-state index in [1.165, 1.54) is 0 Å². The number of nitrogens with one attached hydrogen (secondary N) is 1. The van der Waals surface area contributed by atoms with Crippen LogP contribution in [0.3, 0.4) is 0 Å². The van der Waals surface area contributed by atoms with Crippen molar-refractivity contribution < 1.29 is 14.3 Å². The summed E-state index contributed by atoms with van der Waals surface area (Å²) in [5.74, 6) is 0.946. The Morgan fingerprint density at radius 3 is 2.55 bits per heavy atom. The number of thioether (sulfide) groups is 1. The monoisotopic (exact) mass is 317 g/mol. The normalized spacial score (nSPS) is 11.6. The topological polar surface area (TPSA) is 47.6 Å². The van der Waals surface area contributed by atoms with Crippen LogP contribution in [-0.4, -0.2) is 25.4 Å². The van der Waals surface area contributed by atoms with Crippen LogP contribution in [-0.2, 0) is 4.79 Å². The van der Waals surface area contributed by atoms with Crippen molar-refractivity contribution in [3.8, 4) is 11.5 Å². The number of hydrogen-bond acceptors (Lipinski definition) is 4. The summed E-state index contributed by atoms with van der Waals surface area (Å²) in [4.78, 5) is 13.3. The Hall–Kier alpha value is -2.14. The highest BCUT2D eigenvalue weighted by atomic mass is 32.2. The number of para-hydroxylation sites is 2. The highest BCUT2D eigenvalue weighted by molar-refractivity contribution is 7.98. The number of methoxy groups -OCH3 is 1. The maximum absolute atomic E-state index is 12.2. The molecule has 5 heteroatoms. The van der Waals surface area contributed by atoms with Gasteiger partial charge >= 0.3 is 0 Å². The summed E-state index contributed by atoms with van der Waals surface area (Å²) in [7, 11) is 1.57. The maximum atomic E-state index is 12.2. The smallest absolute Gasteiger partial charge is 0.265 e. The number of benzene rings is 2. The summed E-state index contributed by atoms with van der Waals surface area (Å²) in [6, 6.07) is 14.9. The van der Waals surface area contributed by atoms with Gasteiger partial charge in [0.25, 0.3) is 5.91 Å². The van der Waals surface area contributed by atoms with Gasteiger partial charge in [-0.25, -0.2) is 0 Å². The predicted octanol–water partition coefficient (Wildman–Crippen LogP) is 3.82. The minimum absolute atomic E-state index is 0.204. The molecule has 22 heavy (non-hydrogen) atoms. The van der Waals surface area contributed by atoms with Crippen molar-refractivity contribution in [2.75, 3.05) is 18.7 Å². The molecule has 0 radical (unpaired) electrons. The number of rotatable bonds is 6. The van der Waals surface area contributed by atoms with Crippen LogP contribution in [0.25, 0.3) is 0 Å². The van der Waals surface area contributed by atoms with Crippen LogP contribution in [0, 0.1) is 0 Å². The Morgan fingerprint density at radius 1 is 1.14 bits per heavy atom. The van der Waals surface area contributed by atoms with Crippen LogP contribution in [0.4, 0.5) is 5.69 Å². The molecule has 0 aliphatic heterocycles. The molecular formula is C17H19NO3S. The van der Waals surface area contributed by atoms with E-state index < -0.39 is 6.10 Å². The lowest BCUT2D eigenvalue weighted by Gasteiger charge is -2.16. The largest absolute Gasteiger partial charge is 0.493 e. The van der Waals surface area contributed by atoms with E-state index in [4.69, 9.17) is 9.47 Å². The quantitative estimate of drug-likeness (QED) is 0.823. The molecule has 0 saturated heterocycles. The van der Waals surface area contributed by atoms with Crippen LogP contribution in [0.15, 0.2) is 53.4 Å². The highest BCUT2D eigenvalue weighted by Gasteiger charge is 2.16. The van der Waals surface area contributed by atoms with Crippen LogP contribution in [0.2, 0.25) is 0 Å². The van der Waals surface area contributed by atoms with E-state index in [1.807, 2.05) is 42.7 Å². The molecule has 2 rings (SSSR count). The Labute approximate surface area is 134 Å². The summed E-state index contributed by atoms with van der Waals surface area (Å²) >= 11 is 1.63. The number of amides is 1. The predicted molar refractivity (Wildman–Crippen MR) is 89.9 cm³/mol. The Kier molecular flexibility index (Phi) is 5.72. The van der Waals surface area contributed by atoms with Gasteiger partial charge < -0.3 is 14.8 Å². The Bertz CT molecular complexity index is 645. The second kappa shape index (κ2) is 7.75. The number of carbonyl (C=O) groups is 1. The summed E-state index contributed by atoms with van der Waals surface area (Å²) < 4.78 is 10.9. The van der Waals surface area contributed by atoms with Gasteiger partial charge in [0, 0.05) is 10.6 Å². The van der Waals surface area contributed by atoms with E-state index >= 15 is 0 Å². The second-order valence-electron chi connectivity index (χ2n) is 4.63. The number of hydrogen-bond donors (Lipinski definition) is 1. The lowest BCUT2D eigenvalue weighted by atomic mass is 10.3. The molecule has 1 atom stereocenters. The number of carbonyl (C=O) groups excluding carboxylic acids is 1. The third-order valence-corrected chi connectivity index (χ3v) is 3.80. The molecule has 116 valence electrons. The van der Waals surface area contributed by atoms with Crippen molar-refractivity contribution in [3.63, 3.8) is 0 Å². The number of anilines is 1. The second-order valence-corrected chi connectivity index (χ2v) is 5.51. The third kappa shape index (κ3) is 4.18. The molecule has 2 aromatic carbocycles. The molecule has 0 aromatic heterocycles. The first-order valence-electron chi connectivity index (χ1n) is 6.88. The van der Waals surface area contributed by atoms with Crippen molar-refractivity contribution in [2.45, 2.75) is 17.9 Å². The van der Waals surface area contributed by atoms with Gasteiger partial charge in [-0.15, -0.1) is 11.8 Å². The molecule has 0 aliphatic carbocycles. The molecule has 0 aliphatic rings. The molecule has 0 saturated carbocycles. The maximum Gasteiger partial charge on any atom is 0.265 e. The van der Waals surface area contributed by atoms with E-state index in [-0.39, 0.29) is 5.91 Å². The van der Waals surface area contributed by atoms with Gasteiger partial charge in [0.1, 0.15) is 0 Å². The van der Waals surface area contributed by atoms with Crippen molar-refractivity contribution in [1.82, 2.24) is 0 Å². The van der Waals surface area contributed by atoms with E-state index in [0.717, 1.165) is 10.6 Å². The summed E-state index contributed by atoms with van der Waals surface area (Å²) in [5, 5.41) is 2.86. The summed E-state index contributed by atoms with van der Waals surface area (Å²) in [6.45, 7) is 1.71. The highest BCUT2D eigenvalue weighted by Crippen LogP contribution is 2.27. The average Bonchev–Trinajstić information content (AvgIpc) is 2.55. The fourth-order valence-corrected chi connectivity index (χ4v) is 2.36. The van der Waals surface area contributed by atoms with Crippen molar-refractivity contribution in [2.24, 2.45) is 0 Å². The van der Waals surface area contributed by atoms with Gasteiger partial charge in [-0.2, -0.15) is 0 Å². The minimum Gasteiger partial charge on any atom is -0.493 e. The molecule has 4 nitrogen and oxygen atoms in total. The molecular weight excluding hydrogens is 298 g/mol. The molecule has 0 fully saturated rings. The number of ether oxygens (including phenoxy) is 2. The van der Waals surface area contributed by atoms with Crippen LogP contribution in [0.5, 0.6) is 11.5 Å². The van der Waals surface area contributed by atoms with Gasteiger partial charge in [-0.1, -0.05) is 18.2 Å². The van der Waals surface area contributed by atoms with Gasteiger partial charge in [0.15, 0.2) is 17.6 Å². The minimum atomic E-state index is -0.630. The van der Waals surface area contributed by atoms with Crippen LogP contribution in [0.1, 0.15) is 6.92 Å². The van der Waals surface area contributed by atoms with Gasteiger partial charge in [0.05, 0.1) is 7.11 Å². The Balaban J connectivity index is 2.02. The van der Waals surface area contributed by atoms with Gasteiger partial charge in [0.2, 0.25) is 0 Å². The Morgan fingerprint density at radius 2 is 1.86 bits per heavy atom. The van der Waals surface area contributed by atoms with Crippen LogP contribution >= 0.6 is 11.8 Å². The molecule has 0 heterocycles. The van der Waals surface area contributed by atoms with E-state index in [1.54, 1.807) is 37.9 Å². The zero-order valence-corrected chi connectivity index (χ0v) is 13.6. The molecule has 0 bridgehead atoms. The van der Waals surface area contributed by atoms with Crippen molar-refractivity contribution in [1.29, 1.82) is 0 Å². The molecule has 1 N–H and O–H groups in total. The molecule has 1 amide bonds. The average molecular weight is 317 g/mol. The standard InChI is InChI=1S/C17H19NO3S/c1-12(21-16-10-5-4-9-15(16)20-2)17(19)18-13-7-6-8-14(11-13)22-3/h4-12H,1-3H3,(H,18,19)/t12-/m0/s1. The zero-order valence-electron chi connectivity index (χ0n) is 12.8. The van der Waals surface area contributed by atoms with E-state index in [2.05, 4.69) is 5.32 Å². The molecule has 0 spiro atoms. The lowest BCUT2D eigenvalue weighted by Crippen LogP contribution is -2.30. The first kappa shape index (κ1) is 16.2. The lowest BCUT2D eigenvalue weighted by molar-refractivity contribution is -0.122. The first-order valence-corrected chi connectivity index (χ1v) is 8.11. The van der Waals surface area contributed by atoms with Gasteiger partial charge in [-0.3, -0.25) is 4.79 Å². The van der Waals surface area contributed by atoms with Crippen LogP contribution < -0.4 is 14.8 Å². The zero-order chi connectivity index (χ0) is 15.9. The SMILES string of the molecule is COc1ccccc1O[C@@H](C)C(=O)Nc1cccc(SC)c1. The summed E-state index contributed by atoms with van der Waals surface area (Å²) in [6.07, 6.45) is 1.36. The fourth-order valence-electron chi connectivity index (χ4n) is 1.90. The third-order valence-electron chi connectivity index (χ3n) is 3.08. The van der Waals surface area contributed by atoms with Crippen molar-refractivity contribution in [3.05, 3.63) is 48.5 Å².